The summed E-state index contributed by atoms with van der Waals surface area (Å²) < 4.78 is 7.41. The van der Waals surface area contributed by atoms with Crippen molar-refractivity contribution in [2.24, 2.45) is 0 Å². The maximum atomic E-state index is 13.0. The molecule has 0 spiro atoms. The van der Waals surface area contributed by atoms with Crippen LogP contribution < -0.4 is 20.9 Å². The van der Waals surface area contributed by atoms with E-state index in [0.29, 0.717) is 23.0 Å². The van der Waals surface area contributed by atoms with Gasteiger partial charge in [0, 0.05) is 23.3 Å². The zero-order valence-corrected chi connectivity index (χ0v) is 16.6. The second-order valence-electron chi connectivity index (χ2n) is 6.09. The van der Waals surface area contributed by atoms with E-state index in [-0.39, 0.29) is 5.91 Å². The minimum Gasteiger partial charge on any atom is -0.497 e. The molecule has 0 fully saturated rings. The molecule has 0 aliphatic carbocycles. The molecule has 0 unspecified atom stereocenters. The summed E-state index contributed by atoms with van der Waals surface area (Å²) in [4.78, 5) is 13.0. The van der Waals surface area contributed by atoms with Crippen LogP contribution in [0.15, 0.2) is 61.2 Å². The van der Waals surface area contributed by atoms with Crippen molar-refractivity contribution in [1.82, 2.24) is 20.7 Å². The van der Waals surface area contributed by atoms with E-state index >= 15 is 0 Å². The van der Waals surface area contributed by atoms with Crippen molar-refractivity contribution in [1.29, 1.82) is 0 Å². The Morgan fingerprint density at radius 2 is 1.96 bits per heavy atom. The van der Waals surface area contributed by atoms with Crippen molar-refractivity contribution >= 4 is 34.1 Å². The second-order valence-corrected chi connectivity index (χ2v) is 6.50. The number of carbonyl (C=O) groups is 1. The van der Waals surface area contributed by atoms with E-state index in [1.807, 2.05) is 55.5 Å². The van der Waals surface area contributed by atoms with Gasteiger partial charge < -0.3 is 14.6 Å². The molecule has 28 heavy (non-hydrogen) atoms. The van der Waals surface area contributed by atoms with E-state index in [1.165, 1.54) is 0 Å². The molecule has 2 aromatic carbocycles. The maximum Gasteiger partial charge on any atom is 0.272 e. The number of para-hydroxylation sites is 1. The number of hydrogen-bond donors (Lipinski definition) is 3. The quantitative estimate of drug-likeness (QED) is 0.352. The topological polar surface area (TPSA) is 67.3 Å². The zero-order valence-electron chi connectivity index (χ0n) is 15.8. The molecular formula is C21H22N4O2S. The number of carbonyl (C=O) groups excluding carboxylic acids is 1. The van der Waals surface area contributed by atoms with Crippen LogP contribution in [0.1, 0.15) is 16.1 Å². The van der Waals surface area contributed by atoms with E-state index in [9.17, 15) is 4.79 Å². The highest BCUT2D eigenvalue weighted by Gasteiger charge is 2.21. The van der Waals surface area contributed by atoms with Gasteiger partial charge in [-0.3, -0.25) is 15.6 Å². The molecule has 0 bridgehead atoms. The standard InChI is InChI=1S/C21H22N4O2S/c1-4-12-22-21(28)24-23-20(26)19-14(2)25(15-8-6-5-7-9-15)18-11-10-16(27-3)13-17(18)19/h4-11,13H,1,12H2,2-3H3,(H,23,26)(H2,22,24,28). The number of fused-ring (bicyclic) bond motifs is 1. The van der Waals surface area contributed by atoms with Crippen LogP contribution in [0.5, 0.6) is 5.75 Å². The molecule has 1 aromatic heterocycles. The first-order valence-electron chi connectivity index (χ1n) is 8.76. The van der Waals surface area contributed by atoms with Crippen molar-refractivity contribution in [3.8, 4) is 11.4 Å². The van der Waals surface area contributed by atoms with E-state index in [2.05, 4.69) is 27.3 Å². The van der Waals surface area contributed by atoms with E-state index in [1.54, 1.807) is 13.2 Å². The first-order valence-corrected chi connectivity index (χ1v) is 9.17. The number of methoxy groups -OCH3 is 1. The second kappa shape index (κ2) is 8.58. The SMILES string of the molecule is C=CCNC(=S)NNC(=O)c1c(C)n(-c2ccccc2)c2ccc(OC)cc12. The summed E-state index contributed by atoms with van der Waals surface area (Å²) in [6.45, 7) is 6.04. The lowest BCUT2D eigenvalue weighted by Crippen LogP contribution is -2.46. The molecule has 3 N–H and O–H groups in total. The van der Waals surface area contributed by atoms with E-state index in [4.69, 9.17) is 17.0 Å². The number of rotatable bonds is 5. The van der Waals surface area contributed by atoms with Gasteiger partial charge in [0.2, 0.25) is 0 Å². The number of thiocarbonyl (C=S) groups is 1. The molecule has 1 amide bonds. The van der Waals surface area contributed by atoms with Crippen LogP contribution in [0.2, 0.25) is 0 Å². The lowest BCUT2D eigenvalue weighted by Gasteiger charge is -2.11. The van der Waals surface area contributed by atoms with Crippen LogP contribution in [0.25, 0.3) is 16.6 Å². The predicted molar refractivity (Wildman–Crippen MR) is 116 cm³/mol. The normalized spacial score (nSPS) is 10.4. The first-order chi connectivity index (χ1) is 13.6. The minimum absolute atomic E-state index is 0.284. The highest BCUT2D eigenvalue weighted by atomic mass is 32.1. The summed E-state index contributed by atoms with van der Waals surface area (Å²) in [6, 6.07) is 15.6. The fourth-order valence-electron chi connectivity index (χ4n) is 3.11. The zero-order chi connectivity index (χ0) is 20.1. The Morgan fingerprint density at radius 3 is 2.64 bits per heavy atom. The highest BCUT2D eigenvalue weighted by molar-refractivity contribution is 7.80. The van der Waals surface area contributed by atoms with Crippen LogP contribution in [0.4, 0.5) is 0 Å². The van der Waals surface area contributed by atoms with Crippen molar-refractivity contribution < 1.29 is 9.53 Å². The van der Waals surface area contributed by atoms with E-state index in [0.717, 1.165) is 22.3 Å². The van der Waals surface area contributed by atoms with Crippen molar-refractivity contribution in [2.75, 3.05) is 13.7 Å². The first kappa shape index (κ1) is 19.4. The van der Waals surface area contributed by atoms with Gasteiger partial charge in [0.05, 0.1) is 18.2 Å². The Balaban J connectivity index is 2.03. The van der Waals surface area contributed by atoms with Crippen LogP contribution in [-0.2, 0) is 0 Å². The monoisotopic (exact) mass is 394 g/mol. The number of amides is 1. The van der Waals surface area contributed by atoms with Gasteiger partial charge in [-0.15, -0.1) is 6.58 Å². The number of benzene rings is 2. The van der Waals surface area contributed by atoms with Crippen LogP contribution in [0, 0.1) is 6.92 Å². The van der Waals surface area contributed by atoms with Crippen molar-refractivity contribution in [2.45, 2.75) is 6.92 Å². The Labute approximate surface area is 169 Å². The van der Waals surface area contributed by atoms with E-state index < -0.39 is 0 Å². The molecule has 0 aliphatic heterocycles. The van der Waals surface area contributed by atoms with Crippen molar-refractivity contribution in [3.05, 3.63) is 72.4 Å². The molecule has 0 atom stereocenters. The Bertz CT molecular complexity index is 1030. The number of hydrogen-bond acceptors (Lipinski definition) is 3. The molecule has 6 nitrogen and oxygen atoms in total. The number of nitrogens with one attached hydrogen (secondary N) is 3. The summed E-state index contributed by atoms with van der Waals surface area (Å²) in [5.74, 6) is 0.399. The fourth-order valence-corrected chi connectivity index (χ4v) is 3.24. The Kier molecular flexibility index (Phi) is 5.96. The predicted octanol–water partition coefficient (Wildman–Crippen LogP) is 3.24. The third-order valence-electron chi connectivity index (χ3n) is 4.35. The third-order valence-corrected chi connectivity index (χ3v) is 4.60. The number of aromatic nitrogens is 1. The van der Waals surface area contributed by atoms with Gasteiger partial charge in [-0.05, 0) is 49.5 Å². The van der Waals surface area contributed by atoms with Crippen LogP contribution >= 0.6 is 12.2 Å². The molecule has 1 heterocycles. The lowest BCUT2D eigenvalue weighted by atomic mass is 10.1. The maximum absolute atomic E-state index is 13.0. The molecule has 0 saturated carbocycles. The molecule has 0 saturated heterocycles. The summed E-state index contributed by atoms with van der Waals surface area (Å²) in [6.07, 6.45) is 1.68. The summed E-state index contributed by atoms with van der Waals surface area (Å²) in [5, 5.41) is 4.01. The van der Waals surface area contributed by atoms with Gasteiger partial charge in [-0.1, -0.05) is 24.3 Å². The number of ether oxygens (including phenoxy) is 1. The molecule has 3 rings (SSSR count). The van der Waals surface area contributed by atoms with Gasteiger partial charge in [-0.25, -0.2) is 0 Å². The number of nitrogens with zero attached hydrogens (tertiary/aromatic N) is 1. The Morgan fingerprint density at radius 1 is 1.21 bits per heavy atom. The largest absolute Gasteiger partial charge is 0.497 e. The lowest BCUT2D eigenvalue weighted by molar-refractivity contribution is 0.0944. The molecule has 0 aliphatic rings. The highest BCUT2D eigenvalue weighted by Crippen LogP contribution is 2.31. The smallest absolute Gasteiger partial charge is 0.272 e. The molecule has 0 radical (unpaired) electrons. The minimum atomic E-state index is -0.284. The Hall–Kier alpha value is -3.32. The molecular weight excluding hydrogens is 372 g/mol. The number of hydrazine groups is 1. The summed E-state index contributed by atoms with van der Waals surface area (Å²) >= 11 is 5.13. The average Bonchev–Trinajstić information content (AvgIpc) is 3.01. The van der Waals surface area contributed by atoms with Gasteiger partial charge in [0.25, 0.3) is 5.91 Å². The van der Waals surface area contributed by atoms with Gasteiger partial charge in [0.1, 0.15) is 5.75 Å². The molecule has 144 valence electrons. The summed E-state index contributed by atoms with van der Waals surface area (Å²) in [7, 11) is 1.60. The molecule has 3 aromatic rings. The van der Waals surface area contributed by atoms with Crippen LogP contribution in [0.3, 0.4) is 0 Å². The van der Waals surface area contributed by atoms with Crippen LogP contribution in [-0.4, -0.2) is 29.2 Å². The average molecular weight is 395 g/mol. The van der Waals surface area contributed by atoms with Gasteiger partial charge >= 0.3 is 0 Å². The fraction of sp³-hybridized carbons (Fsp3) is 0.143. The third kappa shape index (κ3) is 3.84. The van der Waals surface area contributed by atoms with Crippen molar-refractivity contribution in [3.63, 3.8) is 0 Å². The van der Waals surface area contributed by atoms with Gasteiger partial charge in [-0.2, -0.15) is 0 Å². The summed E-state index contributed by atoms with van der Waals surface area (Å²) in [5.41, 5.74) is 8.65. The molecule has 7 heteroatoms. The van der Waals surface area contributed by atoms with Gasteiger partial charge in [0.15, 0.2) is 5.11 Å².